The highest BCUT2D eigenvalue weighted by atomic mass is 19.4. The number of phenols is 1. The Hall–Kier alpha value is -5.04. The number of alkyl halides is 6. The number of hydrogen-bond acceptors (Lipinski definition) is 10. The molecule has 0 aliphatic carbocycles. The number of aliphatic hydroxyl groups is 1. The molecular formula is C30H27F7N6O6. The summed E-state index contributed by atoms with van der Waals surface area (Å²) in [6.07, 6.45) is -6.70. The number of fused-ring (bicyclic) bond motifs is 4. The van der Waals surface area contributed by atoms with Crippen molar-refractivity contribution in [1.29, 1.82) is 0 Å². The largest absolute Gasteiger partial charge is 0.508 e. The Morgan fingerprint density at radius 1 is 0.837 bits per heavy atom. The van der Waals surface area contributed by atoms with Crippen molar-refractivity contribution in [2.45, 2.75) is 43.4 Å². The van der Waals surface area contributed by atoms with E-state index in [2.05, 4.69) is 20.2 Å². The van der Waals surface area contributed by atoms with Crippen LogP contribution in [0.2, 0.25) is 0 Å². The topological polar surface area (TPSA) is 172 Å². The van der Waals surface area contributed by atoms with E-state index in [4.69, 9.17) is 24.8 Å². The number of nitrogens with one attached hydrogen (secondary N) is 1. The molecule has 262 valence electrons. The minimum Gasteiger partial charge on any atom is -0.508 e. The van der Waals surface area contributed by atoms with Crippen molar-refractivity contribution in [2.24, 2.45) is 0 Å². The number of pyridine rings is 1. The summed E-state index contributed by atoms with van der Waals surface area (Å²) >= 11 is 0. The van der Waals surface area contributed by atoms with Crippen LogP contribution in [0.4, 0.5) is 42.5 Å². The number of aliphatic hydroxyl groups excluding tert-OH is 1. The number of aromatic nitrogens is 3. The molecule has 2 atom stereocenters. The number of aromatic hydroxyl groups is 1. The summed E-state index contributed by atoms with van der Waals surface area (Å²) in [7, 11) is 0. The van der Waals surface area contributed by atoms with Gasteiger partial charge < -0.3 is 35.5 Å². The highest BCUT2D eigenvalue weighted by Crippen LogP contribution is 2.38. The first kappa shape index (κ1) is 35.3. The molecule has 3 aliphatic rings. The zero-order chi connectivity index (χ0) is 35.8. The molecule has 19 heteroatoms. The summed E-state index contributed by atoms with van der Waals surface area (Å²) in [6.45, 7) is 2.44. The van der Waals surface area contributed by atoms with E-state index in [9.17, 15) is 36.6 Å². The van der Waals surface area contributed by atoms with Gasteiger partial charge in [-0.3, -0.25) is 4.98 Å². The molecule has 0 radical (unpaired) electrons. The van der Waals surface area contributed by atoms with Crippen molar-refractivity contribution in [3.63, 3.8) is 0 Å². The van der Waals surface area contributed by atoms with Crippen LogP contribution in [0.5, 0.6) is 5.75 Å². The van der Waals surface area contributed by atoms with Crippen LogP contribution in [0.3, 0.4) is 0 Å². The van der Waals surface area contributed by atoms with Gasteiger partial charge in [0, 0.05) is 50.0 Å². The Morgan fingerprint density at radius 3 is 1.96 bits per heavy atom. The molecule has 7 rings (SSSR count). The number of anilines is 2. The Kier molecular flexibility index (Phi) is 9.69. The first-order valence-corrected chi connectivity index (χ1v) is 14.5. The van der Waals surface area contributed by atoms with E-state index in [-0.39, 0.29) is 17.0 Å². The molecule has 5 heterocycles. The molecule has 2 bridgehead atoms. The van der Waals surface area contributed by atoms with Crippen molar-refractivity contribution in [3.05, 3.63) is 48.4 Å². The molecular weight excluding hydrogens is 673 g/mol. The van der Waals surface area contributed by atoms with Gasteiger partial charge in [0.1, 0.15) is 22.8 Å². The number of rotatable bonds is 3. The van der Waals surface area contributed by atoms with Crippen LogP contribution in [-0.4, -0.2) is 104 Å². The van der Waals surface area contributed by atoms with Crippen molar-refractivity contribution < 1.29 is 60.7 Å². The third-order valence-electron chi connectivity index (χ3n) is 7.90. The second-order valence-corrected chi connectivity index (χ2v) is 11.5. The predicted octanol–water partition coefficient (Wildman–Crippen LogP) is 4.08. The highest BCUT2D eigenvalue weighted by molar-refractivity contribution is 6.00. The van der Waals surface area contributed by atoms with Crippen molar-refractivity contribution in [1.82, 2.24) is 20.3 Å². The number of benzene rings is 2. The number of phenolic OH excluding ortho intramolecular Hbond substituents is 1. The standard InChI is InChI=1S/C26H25FN6O2.2C2HF3O2/c27-22-23(20-8-17(34)7-14-3-1-2-4-19(14)20)28-9-21-24(22)30-26(33-12-18(35)13-33)31-25(21)32-10-15-5-6-16(11-32)29-15;2*3-2(4,5)1(6)7/h1-4,7-9,15-16,18,29,34-35H,5-6,10-13H2;2*(H,6,7)/t15-,16+;;. The smallest absolute Gasteiger partial charge is 0.490 e. The number of β-amino-alcohol motifs (C(OH)–C–C–N with tert-alkyl or cyclic N) is 1. The quantitative estimate of drug-likeness (QED) is 0.194. The number of halogens is 7. The Bertz CT molecular complexity index is 1850. The molecule has 3 fully saturated rings. The van der Waals surface area contributed by atoms with E-state index in [0.29, 0.717) is 47.9 Å². The first-order valence-electron chi connectivity index (χ1n) is 14.5. The van der Waals surface area contributed by atoms with Crippen molar-refractivity contribution in [2.75, 3.05) is 36.0 Å². The number of carboxylic acids is 2. The predicted molar refractivity (Wildman–Crippen MR) is 160 cm³/mol. The van der Waals surface area contributed by atoms with Gasteiger partial charge in [-0.1, -0.05) is 24.3 Å². The molecule has 2 aromatic carbocycles. The molecule has 3 aliphatic heterocycles. The second kappa shape index (κ2) is 13.5. The Morgan fingerprint density at radius 2 is 1.41 bits per heavy atom. The summed E-state index contributed by atoms with van der Waals surface area (Å²) in [5.74, 6) is -4.90. The van der Waals surface area contributed by atoms with Gasteiger partial charge in [0.25, 0.3) is 0 Å². The lowest BCUT2D eigenvalue weighted by atomic mass is 10.00. The van der Waals surface area contributed by atoms with Crippen LogP contribution in [0, 0.1) is 5.82 Å². The average molecular weight is 701 g/mol. The number of aliphatic carboxylic acids is 2. The monoisotopic (exact) mass is 700 g/mol. The maximum absolute atomic E-state index is 16.2. The van der Waals surface area contributed by atoms with Crippen LogP contribution in [0.1, 0.15) is 12.8 Å². The number of piperazine rings is 1. The molecule has 2 aromatic heterocycles. The lowest BCUT2D eigenvalue weighted by Gasteiger charge is -2.38. The van der Waals surface area contributed by atoms with Crippen molar-refractivity contribution >= 4 is 45.4 Å². The number of carboxylic acid groups (broad SMARTS) is 2. The van der Waals surface area contributed by atoms with Gasteiger partial charge in [-0.2, -0.15) is 31.3 Å². The summed E-state index contributed by atoms with van der Waals surface area (Å²) < 4.78 is 79.7. The van der Waals surface area contributed by atoms with Crippen LogP contribution in [-0.2, 0) is 9.59 Å². The van der Waals surface area contributed by atoms with E-state index in [0.717, 1.165) is 36.7 Å². The Labute approximate surface area is 271 Å². The molecule has 3 saturated heterocycles. The molecule has 12 nitrogen and oxygen atoms in total. The molecule has 49 heavy (non-hydrogen) atoms. The fraction of sp³-hybridized carbons (Fsp3) is 0.367. The minimum absolute atomic E-state index is 0.0509. The first-order chi connectivity index (χ1) is 22.9. The molecule has 0 spiro atoms. The highest BCUT2D eigenvalue weighted by Gasteiger charge is 2.39. The molecule has 5 N–H and O–H groups in total. The molecule has 0 saturated carbocycles. The van der Waals surface area contributed by atoms with Gasteiger partial charge in [0.15, 0.2) is 5.82 Å². The van der Waals surface area contributed by atoms with E-state index < -0.39 is 36.2 Å². The van der Waals surface area contributed by atoms with Gasteiger partial charge in [0.05, 0.1) is 11.5 Å². The lowest BCUT2D eigenvalue weighted by Crippen LogP contribution is -2.53. The average Bonchev–Trinajstić information content (AvgIpc) is 3.35. The van der Waals surface area contributed by atoms with E-state index in [1.807, 2.05) is 29.2 Å². The summed E-state index contributed by atoms with van der Waals surface area (Å²) in [4.78, 5) is 35.9. The molecule has 0 amide bonds. The van der Waals surface area contributed by atoms with E-state index in [1.54, 1.807) is 18.3 Å². The van der Waals surface area contributed by atoms with Gasteiger partial charge >= 0.3 is 24.3 Å². The summed E-state index contributed by atoms with van der Waals surface area (Å²) in [6, 6.07) is 11.5. The van der Waals surface area contributed by atoms with Crippen LogP contribution < -0.4 is 15.1 Å². The number of carbonyl (C=O) groups is 2. The van der Waals surface area contributed by atoms with Crippen LogP contribution in [0.25, 0.3) is 32.9 Å². The van der Waals surface area contributed by atoms with Gasteiger partial charge in [0.2, 0.25) is 5.95 Å². The zero-order valence-corrected chi connectivity index (χ0v) is 25.0. The van der Waals surface area contributed by atoms with Gasteiger partial charge in [-0.05, 0) is 35.7 Å². The van der Waals surface area contributed by atoms with Gasteiger partial charge in [-0.25, -0.2) is 19.0 Å². The van der Waals surface area contributed by atoms with Crippen LogP contribution >= 0.6 is 0 Å². The fourth-order valence-electron chi connectivity index (χ4n) is 5.68. The SMILES string of the molecule is O=C(O)C(F)(F)F.O=C(O)C(F)(F)F.Oc1cc(-c2ncc3c(N4C[C@H]5CC[C@@H](C4)N5)nc(N4CC(O)C4)nc3c2F)c2ccccc2c1. The third-order valence-corrected chi connectivity index (χ3v) is 7.90. The van der Waals surface area contributed by atoms with Gasteiger partial charge in [-0.15, -0.1) is 0 Å². The van der Waals surface area contributed by atoms with Crippen LogP contribution in [0.15, 0.2) is 42.6 Å². The van der Waals surface area contributed by atoms with Crippen molar-refractivity contribution in [3.8, 4) is 17.0 Å². The summed E-state index contributed by atoms with van der Waals surface area (Å²) in [5.41, 5.74) is 0.861. The maximum atomic E-state index is 16.2. The Balaban J connectivity index is 0.000000284. The normalized spacial score (nSPS) is 19.1. The molecule has 4 aromatic rings. The zero-order valence-electron chi connectivity index (χ0n) is 25.0. The van der Waals surface area contributed by atoms with E-state index in [1.165, 1.54) is 0 Å². The molecule has 0 unspecified atom stereocenters. The second-order valence-electron chi connectivity index (χ2n) is 11.5. The summed E-state index contributed by atoms with van der Waals surface area (Å²) in [5, 5.41) is 40.2. The minimum atomic E-state index is -5.08. The maximum Gasteiger partial charge on any atom is 0.490 e. The number of nitrogens with zero attached hydrogens (tertiary/aromatic N) is 5. The third kappa shape index (κ3) is 7.83. The van der Waals surface area contributed by atoms with E-state index >= 15 is 4.39 Å². The lowest BCUT2D eigenvalue weighted by molar-refractivity contribution is -0.193. The fourth-order valence-corrected chi connectivity index (χ4v) is 5.68. The number of hydrogen-bond donors (Lipinski definition) is 5.